The van der Waals surface area contributed by atoms with Crippen LogP contribution in [0.25, 0.3) is 22.3 Å². The second-order valence-corrected chi connectivity index (χ2v) is 28.7. The van der Waals surface area contributed by atoms with Crippen LogP contribution >= 0.6 is 45.1 Å². The number of pyridine rings is 4. The van der Waals surface area contributed by atoms with Gasteiger partial charge < -0.3 is 9.80 Å². The zero-order chi connectivity index (χ0) is 58.5. The van der Waals surface area contributed by atoms with E-state index < -0.39 is 0 Å². The van der Waals surface area contributed by atoms with Crippen LogP contribution in [0.3, 0.4) is 0 Å². The molecule has 10 rings (SSSR count). The second kappa shape index (κ2) is 36.1. The summed E-state index contributed by atoms with van der Waals surface area (Å²) in [5.41, 5.74) is 10.7. The topological polar surface area (TPSA) is 22.0 Å². The zero-order valence-electron chi connectivity index (χ0n) is 51.4. The lowest BCUT2D eigenvalue weighted by atomic mass is 10.1. The third-order valence-electron chi connectivity index (χ3n) is 17.3. The molecule has 0 spiro atoms. The predicted molar refractivity (Wildman–Crippen MR) is 368 cm³/mol. The molecule has 6 nitrogen and oxygen atoms in total. The van der Waals surface area contributed by atoms with Crippen molar-refractivity contribution in [3.05, 3.63) is 195 Å². The molecule has 0 N–H and O–H groups in total. The molecule has 0 atom stereocenters. The van der Waals surface area contributed by atoms with Crippen LogP contribution in [0.4, 0.5) is 22.7 Å². The van der Waals surface area contributed by atoms with Gasteiger partial charge in [0.05, 0.1) is 22.7 Å². The minimum absolute atomic E-state index is 1.10. The summed E-state index contributed by atoms with van der Waals surface area (Å²) in [5.74, 6) is 2.56. The van der Waals surface area contributed by atoms with Crippen molar-refractivity contribution in [1.29, 1.82) is 0 Å². The molecule has 2 aliphatic heterocycles. The molecule has 4 aromatic carbocycles. The highest BCUT2D eigenvalue weighted by Crippen LogP contribution is 2.49. The van der Waals surface area contributed by atoms with Gasteiger partial charge in [0.15, 0.2) is 49.6 Å². The molecule has 0 saturated carbocycles. The molecule has 0 bridgehead atoms. The zero-order valence-corrected chi connectivity index (χ0v) is 54.7. The number of rotatable bonds is 39. The summed E-state index contributed by atoms with van der Waals surface area (Å²) in [6, 6.07) is 53.8. The summed E-state index contributed by atoms with van der Waals surface area (Å²) in [4.78, 5) is 10.6. The molecule has 6 heterocycles. The van der Waals surface area contributed by atoms with Gasteiger partial charge in [0.2, 0.25) is 0 Å². The van der Waals surface area contributed by atoms with E-state index in [2.05, 4.69) is 245 Å². The maximum Gasteiger partial charge on any atom is 0.169 e. The number of anilines is 4. The van der Waals surface area contributed by atoms with Gasteiger partial charge in [-0.15, -0.1) is 0 Å². The Kier molecular flexibility index (Phi) is 26.6. The largest absolute Gasteiger partial charge is 0.340 e. The Morgan fingerprint density at radius 3 is 0.733 bits per heavy atom. The van der Waals surface area contributed by atoms with Crippen LogP contribution in [-0.2, 0) is 26.2 Å². The number of benzene rings is 4. The smallest absolute Gasteiger partial charge is 0.169 e. The first-order valence-electron chi connectivity index (χ1n) is 33.2. The summed E-state index contributed by atoms with van der Waals surface area (Å²) in [6.07, 6.45) is 49.6. The number of para-hydroxylation sites is 4. The maximum atomic E-state index is 2.55. The van der Waals surface area contributed by atoms with Gasteiger partial charge in [-0.25, -0.2) is 18.3 Å². The van der Waals surface area contributed by atoms with E-state index in [4.69, 9.17) is 0 Å². The lowest BCUT2D eigenvalue weighted by molar-refractivity contribution is -0.697. The van der Waals surface area contributed by atoms with Gasteiger partial charge in [0.25, 0.3) is 0 Å². The van der Waals surface area contributed by atoms with Crippen molar-refractivity contribution in [3.8, 4) is 22.3 Å². The molecular weight excluding hydrogens is 1130 g/mol. The molecule has 0 unspecified atom stereocenters. The van der Waals surface area contributed by atoms with Crippen LogP contribution < -0.4 is 28.1 Å². The molecule has 0 saturated heterocycles. The fourth-order valence-electron chi connectivity index (χ4n) is 12.2. The van der Waals surface area contributed by atoms with E-state index in [1.165, 1.54) is 230 Å². The lowest BCUT2D eigenvalue weighted by Crippen LogP contribution is -2.33. The molecule has 2 aliphatic rings. The van der Waals surface area contributed by atoms with Crippen LogP contribution in [0, 0.1) is 0 Å². The number of nitrogens with zero attached hydrogens (tertiary/aromatic N) is 6. The second-order valence-electron chi connectivity index (χ2n) is 23.8. The summed E-state index contributed by atoms with van der Waals surface area (Å²) in [6.45, 7) is 6.62. The van der Waals surface area contributed by atoms with Gasteiger partial charge in [-0.2, -0.15) is 0 Å². The van der Waals surface area contributed by atoms with Crippen molar-refractivity contribution in [3.63, 3.8) is 0 Å². The van der Waals surface area contributed by atoms with Gasteiger partial charge in [0, 0.05) is 118 Å². The highest BCUT2D eigenvalue weighted by atomic mass is 33.1. The van der Waals surface area contributed by atoms with Crippen LogP contribution in [0.15, 0.2) is 215 Å². The molecular formula is C76H96N6S4+4. The number of aryl methyl sites for hydroxylation is 4. The van der Waals surface area contributed by atoms with Crippen LogP contribution in [-0.4, -0.2) is 24.6 Å². The van der Waals surface area contributed by atoms with E-state index in [1.54, 1.807) is 0 Å². The number of fused-ring (bicyclic) bond motifs is 4. The fourth-order valence-corrected chi connectivity index (χ4v) is 16.7. The summed E-state index contributed by atoms with van der Waals surface area (Å²) in [7, 11) is 4.18. The Balaban J connectivity index is 0.478. The monoisotopic (exact) mass is 1220 g/mol. The van der Waals surface area contributed by atoms with E-state index in [-0.39, 0.29) is 0 Å². The highest BCUT2D eigenvalue weighted by Gasteiger charge is 2.24. The first-order chi connectivity index (χ1) is 42.7. The molecule has 8 aromatic rings. The van der Waals surface area contributed by atoms with Gasteiger partial charge in [-0.1, -0.05) is 171 Å². The van der Waals surface area contributed by atoms with Crippen LogP contribution in [0.1, 0.15) is 154 Å². The fraction of sp³-hybridized carbons (Fsp3) is 0.421. The van der Waals surface area contributed by atoms with E-state index in [9.17, 15) is 0 Å². The molecule has 86 heavy (non-hydrogen) atoms. The maximum absolute atomic E-state index is 2.55. The Labute approximate surface area is 534 Å². The average Bonchev–Trinajstić information content (AvgIpc) is 1.53. The summed E-state index contributed by atoms with van der Waals surface area (Å²) in [5, 5.41) is 0. The van der Waals surface area contributed by atoms with Crippen molar-refractivity contribution >= 4 is 67.9 Å². The normalized spacial score (nSPS) is 12.5. The van der Waals surface area contributed by atoms with E-state index in [0.717, 1.165) is 39.3 Å². The molecule has 0 amide bonds. The van der Waals surface area contributed by atoms with Crippen LogP contribution in [0.2, 0.25) is 0 Å². The number of unbranched alkanes of at least 4 members (excludes halogenated alkanes) is 20. The standard InChI is InChI=1S/C76H96N6S4/c1(3-7-11-29-53-81-69-33-17-21-37-73(69)85-74-38-22-18-34-70(74)81)5-9-25-49-77-55-41-65(42-56-77)67-45-59-79(60-46-67)51-27-13-15-31-63-83-84-64-32-16-14-28-52-80-61-47-68(48-62-80)66-43-57-78(58-44-66)50-26-10-6-2-4-8-12-30-54-82-71-35-19-23-39-75(71)86-76-40-24-20-36-72(76)82/h17-24,33-48,55-62H,1-16,25-32,49-54,63-64H2/q+4. The highest BCUT2D eigenvalue weighted by molar-refractivity contribution is 8.76. The predicted octanol–water partition coefficient (Wildman–Crippen LogP) is 20.2. The van der Waals surface area contributed by atoms with E-state index in [1.807, 2.05) is 23.5 Å². The average molecular weight is 1220 g/mol. The Bertz CT molecular complexity index is 2900. The SMILES string of the molecule is c1ccc2c(c1)Sc1ccccc1N2CCCCCCCCCC[n+]1ccc(-c2cc[n+](CCCCCCSSCCCCCC[n+]3ccc(-c4cc[n+](CCCCCCCCCCN5c6ccccc6Sc6ccccc65)cc4)cc3)cc2)cc1. The number of aromatic nitrogens is 4. The third kappa shape index (κ3) is 20.0. The molecule has 450 valence electrons. The van der Waals surface area contributed by atoms with Gasteiger partial charge >= 0.3 is 0 Å². The first kappa shape index (κ1) is 63.5. The third-order valence-corrected chi connectivity index (χ3v) is 22.1. The number of hydrogen-bond acceptors (Lipinski definition) is 6. The van der Waals surface area contributed by atoms with E-state index in [0.29, 0.717) is 0 Å². The Morgan fingerprint density at radius 1 is 0.244 bits per heavy atom. The minimum Gasteiger partial charge on any atom is -0.340 e. The van der Waals surface area contributed by atoms with Crippen molar-refractivity contribution in [2.24, 2.45) is 0 Å². The summed E-state index contributed by atoms with van der Waals surface area (Å²) < 4.78 is 9.44. The van der Waals surface area contributed by atoms with Crippen molar-refractivity contribution in [2.75, 3.05) is 34.4 Å². The van der Waals surface area contributed by atoms with Crippen molar-refractivity contribution < 1.29 is 18.3 Å². The van der Waals surface area contributed by atoms with Gasteiger partial charge in [0.1, 0.15) is 26.2 Å². The first-order valence-corrected chi connectivity index (χ1v) is 37.3. The minimum atomic E-state index is 1.10. The molecule has 0 aliphatic carbocycles. The lowest BCUT2D eigenvalue weighted by Gasteiger charge is -2.32. The molecule has 4 aromatic heterocycles. The van der Waals surface area contributed by atoms with Gasteiger partial charge in [-0.05, 0) is 122 Å². The van der Waals surface area contributed by atoms with Crippen LogP contribution in [0.5, 0.6) is 0 Å². The molecule has 10 heteroatoms. The Hall–Kier alpha value is -5.52. The molecule has 0 fully saturated rings. The van der Waals surface area contributed by atoms with Crippen molar-refractivity contribution in [1.82, 2.24) is 0 Å². The van der Waals surface area contributed by atoms with E-state index >= 15 is 0 Å². The van der Waals surface area contributed by atoms with Gasteiger partial charge in [-0.3, -0.25) is 0 Å². The van der Waals surface area contributed by atoms with Crippen molar-refractivity contribution in [2.45, 2.75) is 200 Å². The summed E-state index contributed by atoms with van der Waals surface area (Å²) >= 11 is 3.81. The Morgan fingerprint density at radius 2 is 0.465 bits per heavy atom. The molecule has 0 radical (unpaired) electrons. The quantitative estimate of drug-likeness (QED) is 0.0216. The number of hydrogen-bond donors (Lipinski definition) is 0.